The molecule has 2 amide bonds. The van der Waals surface area contributed by atoms with E-state index in [9.17, 15) is 9.59 Å². The van der Waals surface area contributed by atoms with Crippen molar-refractivity contribution in [3.63, 3.8) is 0 Å². The van der Waals surface area contributed by atoms with Crippen LogP contribution in [-0.4, -0.2) is 39.6 Å². The Labute approximate surface area is 187 Å². The lowest BCUT2D eigenvalue weighted by molar-refractivity contribution is -0.136. The molecule has 2 aromatic rings. The van der Waals surface area contributed by atoms with E-state index in [0.29, 0.717) is 18.8 Å². The summed E-state index contributed by atoms with van der Waals surface area (Å²) < 4.78 is 1.76. The second-order valence-corrected chi connectivity index (χ2v) is 10.5. The van der Waals surface area contributed by atoms with Crippen LogP contribution in [0.3, 0.4) is 0 Å². The summed E-state index contributed by atoms with van der Waals surface area (Å²) in [5.41, 5.74) is 2.64. The maximum absolute atomic E-state index is 12.9. The topological polar surface area (TPSA) is 67.2 Å². The quantitative estimate of drug-likeness (QED) is 0.670. The van der Waals surface area contributed by atoms with Crippen LogP contribution < -0.4 is 5.32 Å². The Bertz CT molecular complexity index is 899. The van der Waals surface area contributed by atoms with Crippen molar-refractivity contribution >= 4 is 17.6 Å². The van der Waals surface area contributed by atoms with Crippen LogP contribution in [0.5, 0.6) is 0 Å². The zero-order valence-electron chi connectivity index (χ0n) is 20.4. The Kier molecular flexibility index (Phi) is 7.68. The van der Waals surface area contributed by atoms with Crippen molar-refractivity contribution in [2.24, 2.45) is 5.41 Å². The normalized spacial score (nSPS) is 12.0. The van der Waals surface area contributed by atoms with Crippen molar-refractivity contribution in [2.75, 3.05) is 18.4 Å². The maximum Gasteiger partial charge on any atom is 0.245 e. The van der Waals surface area contributed by atoms with Gasteiger partial charge in [-0.25, -0.2) is 4.68 Å². The number of hydrogen-bond donors (Lipinski definition) is 1. The van der Waals surface area contributed by atoms with Crippen LogP contribution >= 0.6 is 0 Å². The molecule has 0 aliphatic heterocycles. The SMILES string of the molecule is CCCN(CC(=O)Nc1cc(C(C)(C)C)nn1-c1ccc(C)cc1)C(=O)CC(C)(C)C. The summed E-state index contributed by atoms with van der Waals surface area (Å²) in [6.07, 6.45) is 1.22. The van der Waals surface area contributed by atoms with Crippen LogP contribution in [0, 0.1) is 12.3 Å². The number of carbonyl (C=O) groups is 2. The Balaban J connectivity index is 2.27. The summed E-state index contributed by atoms with van der Waals surface area (Å²) in [5.74, 6) is 0.398. The Morgan fingerprint density at radius 1 is 1.06 bits per heavy atom. The van der Waals surface area contributed by atoms with E-state index >= 15 is 0 Å². The summed E-state index contributed by atoms with van der Waals surface area (Å²) >= 11 is 0. The Morgan fingerprint density at radius 2 is 1.68 bits per heavy atom. The van der Waals surface area contributed by atoms with Gasteiger partial charge in [-0.2, -0.15) is 5.10 Å². The molecule has 1 aromatic carbocycles. The van der Waals surface area contributed by atoms with Crippen LogP contribution in [0.15, 0.2) is 30.3 Å². The third-order valence-corrected chi connectivity index (χ3v) is 4.89. The molecule has 0 spiro atoms. The molecule has 6 heteroatoms. The van der Waals surface area contributed by atoms with Gasteiger partial charge in [0.1, 0.15) is 5.82 Å². The molecule has 0 unspecified atom stereocenters. The molecule has 6 nitrogen and oxygen atoms in total. The molecule has 1 heterocycles. The summed E-state index contributed by atoms with van der Waals surface area (Å²) in [4.78, 5) is 27.3. The Morgan fingerprint density at radius 3 is 2.19 bits per heavy atom. The van der Waals surface area contributed by atoms with Crippen LogP contribution in [0.2, 0.25) is 0 Å². The first-order valence-electron chi connectivity index (χ1n) is 11.1. The van der Waals surface area contributed by atoms with Crippen molar-refractivity contribution in [2.45, 2.75) is 73.6 Å². The van der Waals surface area contributed by atoms with Gasteiger partial charge in [0.25, 0.3) is 0 Å². The summed E-state index contributed by atoms with van der Waals surface area (Å²) in [7, 11) is 0. The summed E-state index contributed by atoms with van der Waals surface area (Å²) in [5, 5.41) is 7.75. The van der Waals surface area contributed by atoms with E-state index in [4.69, 9.17) is 5.10 Å². The number of nitrogens with zero attached hydrogens (tertiary/aromatic N) is 3. The van der Waals surface area contributed by atoms with Crippen molar-refractivity contribution in [1.29, 1.82) is 0 Å². The van der Waals surface area contributed by atoms with Gasteiger partial charge in [-0.05, 0) is 30.9 Å². The number of anilines is 1. The first-order valence-corrected chi connectivity index (χ1v) is 11.1. The van der Waals surface area contributed by atoms with Gasteiger partial charge in [0, 0.05) is 24.4 Å². The number of nitrogens with one attached hydrogen (secondary N) is 1. The minimum Gasteiger partial charge on any atom is -0.333 e. The van der Waals surface area contributed by atoms with E-state index in [1.54, 1.807) is 9.58 Å². The largest absolute Gasteiger partial charge is 0.333 e. The number of carbonyl (C=O) groups excluding carboxylic acids is 2. The molecule has 2 rings (SSSR count). The van der Waals surface area contributed by atoms with Gasteiger partial charge in [0.15, 0.2) is 0 Å². The van der Waals surface area contributed by atoms with E-state index in [-0.39, 0.29) is 29.2 Å². The molecule has 0 aliphatic carbocycles. The second-order valence-electron chi connectivity index (χ2n) is 10.5. The maximum atomic E-state index is 12.9. The number of benzene rings is 1. The predicted octanol–water partition coefficient (Wildman–Crippen LogP) is 5.09. The Hall–Kier alpha value is -2.63. The number of amides is 2. The van der Waals surface area contributed by atoms with Gasteiger partial charge in [0.05, 0.1) is 17.9 Å². The smallest absolute Gasteiger partial charge is 0.245 e. The molecule has 0 saturated carbocycles. The van der Waals surface area contributed by atoms with Crippen LogP contribution in [0.25, 0.3) is 5.69 Å². The van der Waals surface area contributed by atoms with Gasteiger partial charge < -0.3 is 10.2 Å². The molecular weight excluding hydrogens is 388 g/mol. The molecule has 0 radical (unpaired) electrons. The molecule has 0 atom stereocenters. The van der Waals surface area contributed by atoms with Crippen LogP contribution in [0.1, 0.15) is 72.6 Å². The molecule has 31 heavy (non-hydrogen) atoms. The van der Waals surface area contributed by atoms with Gasteiger partial charge in [-0.15, -0.1) is 0 Å². The molecular formula is C25H38N4O2. The third-order valence-electron chi connectivity index (χ3n) is 4.89. The van der Waals surface area contributed by atoms with Gasteiger partial charge in [0.2, 0.25) is 11.8 Å². The monoisotopic (exact) mass is 426 g/mol. The van der Waals surface area contributed by atoms with Crippen molar-refractivity contribution in [3.05, 3.63) is 41.6 Å². The standard InChI is InChI=1S/C25H38N4O2/c1-9-14-28(23(31)16-24(3,4)5)17-22(30)26-21-15-20(25(6,7)8)27-29(21)19-12-10-18(2)11-13-19/h10-13,15H,9,14,16-17H2,1-8H3,(H,26,30). The zero-order valence-corrected chi connectivity index (χ0v) is 20.4. The number of aromatic nitrogens is 2. The minimum atomic E-state index is -0.218. The lowest BCUT2D eigenvalue weighted by atomic mass is 9.91. The lowest BCUT2D eigenvalue weighted by Gasteiger charge is -2.26. The van der Waals surface area contributed by atoms with Gasteiger partial charge in [-0.1, -0.05) is 66.2 Å². The van der Waals surface area contributed by atoms with Crippen LogP contribution in [0.4, 0.5) is 5.82 Å². The fraction of sp³-hybridized carbons (Fsp3) is 0.560. The average molecular weight is 427 g/mol. The minimum absolute atomic E-state index is 0.00641. The highest BCUT2D eigenvalue weighted by Crippen LogP contribution is 2.26. The fourth-order valence-corrected chi connectivity index (χ4v) is 3.20. The van der Waals surface area contributed by atoms with Gasteiger partial charge in [-0.3, -0.25) is 9.59 Å². The first-order chi connectivity index (χ1) is 14.3. The number of hydrogen-bond acceptors (Lipinski definition) is 3. The van der Waals surface area contributed by atoms with E-state index in [0.717, 1.165) is 23.4 Å². The molecule has 1 N–H and O–H groups in total. The third kappa shape index (κ3) is 7.23. The fourth-order valence-electron chi connectivity index (χ4n) is 3.20. The van der Waals surface area contributed by atoms with E-state index in [2.05, 4.69) is 26.1 Å². The van der Waals surface area contributed by atoms with E-state index in [1.165, 1.54) is 0 Å². The highest BCUT2D eigenvalue weighted by atomic mass is 16.2. The highest BCUT2D eigenvalue weighted by Gasteiger charge is 2.24. The first kappa shape index (κ1) is 24.6. The van der Waals surface area contributed by atoms with Crippen molar-refractivity contribution in [1.82, 2.24) is 14.7 Å². The molecule has 0 bridgehead atoms. The summed E-state index contributed by atoms with van der Waals surface area (Å²) in [6, 6.07) is 9.93. The number of aryl methyl sites for hydroxylation is 1. The van der Waals surface area contributed by atoms with Gasteiger partial charge >= 0.3 is 0 Å². The molecule has 0 aliphatic rings. The van der Waals surface area contributed by atoms with Crippen LogP contribution in [-0.2, 0) is 15.0 Å². The van der Waals surface area contributed by atoms with E-state index < -0.39 is 0 Å². The molecule has 0 fully saturated rings. The van der Waals surface area contributed by atoms with Crippen molar-refractivity contribution in [3.8, 4) is 5.69 Å². The second kappa shape index (κ2) is 9.67. The highest BCUT2D eigenvalue weighted by molar-refractivity contribution is 5.94. The molecule has 170 valence electrons. The van der Waals surface area contributed by atoms with Crippen molar-refractivity contribution < 1.29 is 9.59 Å². The average Bonchev–Trinajstić information content (AvgIpc) is 3.04. The predicted molar refractivity (Wildman–Crippen MR) is 127 cm³/mol. The molecule has 1 aromatic heterocycles. The zero-order chi connectivity index (χ0) is 23.4. The van der Waals surface area contributed by atoms with E-state index in [1.807, 2.05) is 65.0 Å². The number of rotatable bonds is 7. The summed E-state index contributed by atoms with van der Waals surface area (Å²) in [6.45, 7) is 17.0. The molecule has 0 saturated heterocycles. The lowest BCUT2D eigenvalue weighted by Crippen LogP contribution is -2.40.